The molecule has 0 radical (unpaired) electrons. The molecule has 0 bridgehead atoms. The van der Waals surface area contributed by atoms with Gasteiger partial charge in [0.1, 0.15) is 0 Å². The van der Waals surface area contributed by atoms with Gasteiger partial charge in [0.2, 0.25) is 0 Å². The number of aromatic nitrogens is 2. The largest absolute Gasteiger partial charge is 0.395 e. The van der Waals surface area contributed by atoms with Crippen LogP contribution in [0.4, 0.5) is 0 Å². The molecule has 0 saturated carbocycles. The van der Waals surface area contributed by atoms with Crippen molar-refractivity contribution in [2.75, 3.05) is 26.4 Å². The van der Waals surface area contributed by atoms with Gasteiger partial charge in [-0.1, -0.05) is 0 Å². The van der Waals surface area contributed by atoms with Crippen molar-refractivity contribution in [1.82, 2.24) is 13.4 Å². The van der Waals surface area contributed by atoms with Gasteiger partial charge in [0, 0.05) is 26.8 Å². The Hall–Kier alpha value is -1.49. The molecule has 1 fully saturated rings. The van der Waals surface area contributed by atoms with Gasteiger partial charge in [-0.15, -0.1) is 0 Å². The summed E-state index contributed by atoms with van der Waals surface area (Å²) in [5, 5.41) is 9.27. The molecule has 0 amide bonds. The lowest BCUT2D eigenvalue weighted by molar-refractivity contribution is 0.0108. The van der Waals surface area contributed by atoms with Crippen molar-refractivity contribution in [2.45, 2.75) is 10.9 Å². The molecule has 21 heavy (non-hydrogen) atoms. The lowest BCUT2D eigenvalue weighted by Gasteiger charge is -2.33. The van der Waals surface area contributed by atoms with E-state index < -0.39 is 38.8 Å². The van der Waals surface area contributed by atoms with Crippen molar-refractivity contribution in [1.29, 1.82) is 0 Å². The molecule has 1 N–H and O–H groups in total. The first kappa shape index (κ1) is 15.9. The monoisotopic (exact) mass is 319 g/mol. The Bertz CT molecular complexity index is 750. The second kappa shape index (κ2) is 5.72. The van der Waals surface area contributed by atoms with Crippen LogP contribution in [-0.2, 0) is 28.9 Å². The Morgan fingerprint density at radius 1 is 1.38 bits per heavy atom. The number of aliphatic hydroxyl groups excluding tert-OH is 1. The zero-order valence-corrected chi connectivity index (χ0v) is 12.5. The minimum atomic E-state index is -4.12. The average Bonchev–Trinajstić information content (AvgIpc) is 2.48. The summed E-state index contributed by atoms with van der Waals surface area (Å²) in [4.78, 5) is 23.2. The highest BCUT2D eigenvalue weighted by molar-refractivity contribution is 7.89. The number of nitrogens with zero attached hydrogens (tertiary/aromatic N) is 3. The Morgan fingerprint density at radius 3 is 2.67 bits per heavy atom. The van der Waals surface area contributed by atoms with Crippen LogP contribution in [0.5, 0.6) is 0 Å². The normalized spacial score (nSPS) is 20.6. The predicted molar refractivity (Wildman–Crippen MR) is 72.5 cm³/mol. The van der Waals surface area contributed by atoms with Gasteiger partial charge in [0.05, 0.1) is 25.9 Å². The van der Waals surface area contributed by atoms with Crippen LogP contribution in [0.3, 0.4) is 0 Å². The van der Waals surface area contributed by atoms with Crippen molar-refractivity contribution in [3.05, 3.63) is 27.0 Å². The third kappa shape index (κ3) is 2.67. The molecule has 118 valence electrons. The molecule has 0 aromatic carbocycles. The molecular formula is C11H17N3O6S. The van der Waals surface area contributed by atoms with Gasteiger partial charge >= 0.3 is 5.69 Å². The summed E-state index contributed by atoms with van der Waals surface area (Å²) in [6.45, 7) is -0.130. The molecule has 10 heteroatoms. The third-order valence-corrected chi connectivity index (χ3v) is 5.32. The van der Waals surface area contributed by atoms with Crippen LogP contribution < -0.4 is 11.2 Å². The topological polar surface area (TPSA) is 111 Å². The molecule has 1 aromatic rings. The fourth-order valence-corrected chi connectivity index (χ4v) is 3.91. The first-order valence-electron chi connectivity index (χ1n) is 6.27. The standard InChI is InChI=1S/C11H17N3O6S/c1-12-5-9(10(16)13(2)11(12)17)21(18,19)14-3-4-20-7-8(14)6-15/h5,8,15H,3-4,6-7H2,1-2H3. The summed E-state index contributed by atoms with van der Waals surface area (Å²) in [5.41, 5.74) is -1.50. The maximum atomic E-state index is 12.6. The zero-order chi connectivity index (χ0) is 15.8. The lowest BCUT2D eigenvalue weighted by Crippen LogP contribution is -2.52. The number of morpholine rings is 1. The minimum absolute atomic E-state index is 0.0412. The molecule has 2 rings (SSSR count). The summed E-state index contributed by atoms with van der Waals surface area (Å²) in [5.74, 6) is 0. The molecule has 1 aromatic heterocycles. The number of aliphatic hydroxyl groups is 1. The van der Waals surface area contributed by atoms with E-state index in [9.17, 15) is 23.1 Å². The molecular weight excluding hydrogens is 302 g/mol. The first-order valence-corrected chi connectivity index (χ1v) is 7.71. The SMILES string of the molecule is Cn1cc(S(=O)(=O)N2CCOCC2CO)c(=O)n(C)c1=O. The Morgan fingerprint density at radius 2 is 2.05 bits per heavy atom. The van der Waals surface area contributed by atoms with Gasteiger partial charge in [-0.05, 0) is 0 Å². The summed E-state index contributed by atoms with van der Waals surface area (Å²) >= 11 is 0. The Balaban J connectivity index is 2.59. The maximum absolute atomic E-state index is 12.6. The minimum Gasteiger partial charge on any atom is -0.395 e. The Kier molecular flexibility index (Phi) is 4.33. The van der Waals surface area contributed by atoms with Crippen molar-refractivity contribution in [3.8, 4) is 0 Å². The predicted octanol–water partition coefficient (Wildman–Crippen LogP) is -2.53. The van der Waals surface area contributed by atoms with E-state index in [-0.39, 0.29) is 19.8 Å². The summed E-state index contributed by atoms with van der Waals surface area (Å²) < 4.78 is 33.2. The van der Waals surface area contributed by atoms with Crippen molar-refractivity contribution in [2.24, 2.45) is 14.1 Å². The molecule has 1 saturated heterocycles. The molecule has 1 aliphatic heterocycles. The highest BCUT2D eigenvalue weighted by Gasteiger charge is 2.36. The summed E-state index contributed by atoms with van der Waals surface area (Å²) in [6, 6.07) is -0.745. The average molecular weight is 319 g/mol. The van der Waals surface area contributed by atoms with Crippen LogP contribution >= 0.6 is 0 Å². The van der Waals surface area contributed by atoms with Crippen LogP contribution in [0.2, 0.25) is 0 Å². The van der Waals surface area contributed by atoms with Gasteiger partial charge in [-0.25, -0.2) is 13.2 Å². The van der Waals surface area contributed by atoms with Gasteiger partial charge in [0.15, 0.2) is 4.90 Å². The van der Waals surface area contributed by atoms with E-state index in [0.717, 1.165) is 19.6 Å². The number of hydrogen-bond acceptors (Lipinski definition) is 6. The highest BCUT2D eigenvalue weighted by Crippen LogP contribution is 2.17. The molecule has 0 spiro atoms. The molecule has 0 aliphatic carbocycles. The van der Waals surface area contributed by atoms with E-state index in [4.69, 9.17) is 4.74 Å². The number of rotatable bonds is 3. The number of ether oxygens (including phenoxy) is 1. The molecule has 1 atom stereocenters. The van der Waals surface area contributed by atoms with E-state index in [1.54, 1.807) is 0 Å². The van der Waals surface area contributed by atoms with E-state index in [1.165, 1.54) is 14.1 Å². The molecule has 2 heterocycles. The lowest BCUT2D eigenvalue weighted by atomic mass is 10.3. The van der Waals surface area contributed by atoms with Gasteiger partial charge < -0.3 is 14.4 Å². The van der Waals surface area contributed by atoms with Crippen LogP contribution in [0.1, 0.15) is 0 Å². The van der Waals surface area contributed by atoms with Gasteiger partial charge in [0.25, 0.3) is 15.6 Å². The second-order valence-electron chi connectivity index (χ2n) is 4.78. The van der Waals surface area contributed by atoms with E-state index in [1.807, 2.05) is 0 Å². The van der Waals surface area contributed by atoms with Crippen molar-refractivity contribution < 1.29 is 18.3 Å². The van der Waals surface area contributed by atoms with Gasteiger partial charge in [-0.2, -0.15) is 4.31 Å². The van der Waals surface area contributed by atoms with Crippen LogP contribution in [0.15, 0.2) is 20.7 Å². The fraction of sp³-hybridized carbons (Fsp3) is 0.636. The van der Waals surface area contributed by atoms with E-state index in [2.05, 4.69) is 0 Å². The highest BCUT2D eigenvalue weighted by atomic mass is 32.2. The van der Waals surface area contributed by atoms with Crippen LogP contribution in [0, 0.1) is 0 Å². The van der Waals surface area contributed by atoms with E-state index in [0.29, 0.717) is 0 Å². The smallest absolute Gasteiger partial charge is 0.330 e. The Labute approximate surface area is 121 Å². The molecule has 1 unspecified atom stereocenters. The van der Waals surface area contributed by atoms with E-state index >= 15 is 0 Å². The second-order valence-corrected chi connectivity index (χ2v) is 6.64. The third-order valence-electron chi connectivity index (χ3n) is 3.39. The maximum Gasteiger partial charge on any atom is 0.330 e. The van der Waals surface area contributed by atoms with Crippen LogP contribution in [0.25, 0.3) is 0 Å². The summed E-state index contributed by atoms with van der Waals surface area (Å²) in [6.07, 6.45) is 1.00. The molecule has 9 nitrogen and oxygen atoms in total. The quantitative estimate of drug-likeness (QED) is 0.657. The van der Waals surface area contributed by atoms with Crippen LogP contribution in [-0.4, -0.2) is 59.4 Å². The van der Waals surface area contributed by atoms with Crippen molar-refractivity contribution in [3.63, 3.8) is 0 Å². The van der Waals surface area contributed by atoms with Crippen molar-refractivity contribution >= 4 is 10.0 Å². The number of sulfonamides is 1. The number of hydrogen-bond donors (Lipinski definition) is 1. The molecule has 1 aliphatic rings. The van der Waals surface area contributed by atoms with Gasteiger partial charge in [-0.3, -0.25) is 9.36 Å². The first-order chi connectivity index (χ1) is 9.80. The summed E-state index contributed by atoms with van der Waals surface area (Å²) in [7, 11) is -1.54. The fourth-order valence-electron chi connectivity index (χ4n) is 2.18. The zero-order valence-electron chi connectivity index (χ0n) is 11.7. The number of aryl methyl sites for hydroxylation is 1.